The third-order valence-corrected chi connectivity index (χ3v) is 4.17. The lowest BCUT2D eigenvalue weighted by molar-refractivity contribution is 0.277. The highest BCUT2D eigenvalue weighted by molar-refractivity contribution is 6.31. The maximum atomic E-state index is 6.28. The monoisotopic (exact) mass is 237 g/mol. The van der Waals surface area contributed by atoms with Gasteiger partial charge in [-0.05, 0) is 48.9 Å². The Kier molecular flexibility index (Phi) is 3.56. The Hall–Kier alpha value is -0.530. The van der Waals surface area contributed by atoms with Crippen LogP contribution in [-0.4, -0.2) is 0 Å². The maximum absolute atomic E-state index is 6.28. The minimum absolute atomic E-state index is 0.182. The van der Waals surface area contributed by atoms with E-state index in [1.807, 2.05) is 13.0 Å². The molecule has 1 unspecified atom stereocenters. The summed E-state index contributed by atoms with van der Waals surface area (Å²) in [6.45, 7) is 4.14. The number of rotatable bonds is 3. The fourth-order valence-corrected chi connectivity index (χ4v) is 2.64. The zero-order chi connectivity index (χ0) is 11.7. The number of nitrogens with two attached hydrogens (primary N) is 1. The minimum Gasteiger partial charge on any atom is -0.324 e. The average Bonchev–Trinajstić information content (AvgIpc) is 2.17. The van der Waals surface area contributed by atoms with Crippen molar-refractivity contribution in [3.8, 4) is 0 Å². The number of benzene rings is 1. The van der Waals surface area contributed by atoms with Crippen LogP contribution in [0.3, 0.4) is 0 Å². The highest BCUT2D eigenvalue weighted by Gasteiger charge is 2.22. The summed E-state index contributed by atoms with van der Waals surface area (Å²) in [6.07, 6.45) is 5.23. The molecule has 2 heteroatoms. The van der Waals surface area contributed by atoms with E-state index in [1.54, 1.807) is 0 Å². The summed E-state index contributed by atoms with van der Waals surface area (Å²) in [5.41, 5.74) is 9.91. The molecule has 1 atom stereocenters. The van der Waals surface area contributed by atoms with Gasteiger partial charge in [0, 0.05) is 11.1 Å². The molecular weight excluding hydrogens is 218 g/mol. The molecule has 88 valence electrons. The lowest BCUT2D eigenvalue weighted by Crippen LogP contribution is -2.20. The molecule has 0 radical (unpaired) electrons. The fraction of sp³-hybridized carbons (Fsp3) is 0.571. The molecule has 2 N–H and O–H groups in total. The summed E-state index contributed by atoms with van der Waals surface area (Å²) in [6, 6.07) is 4.37. The zero-order valence-corrected chi connectivity index (χ0v) is 10.8. The smallest absolute Gasteiger partial charge is 0.0438 e. The molecule has 1 aromatic carbocycles. The van der Waals surface area contributed by atoms with Crippen molar-refractivity contribution in [1.29, 1.82) is 0 Å². The predicted molar refractivity (Wildman–Crippen MR) is 69.8 cm³/mol. The Balaban J connectivity index is 2.14. The molecule has 1 aliphatic carbocycles. The second-order valence-electron chi connectivity index (χ2n) is 5.10. The van der Waals surface area contributed by atoms with Gasteiger partial charge < -0.3 is 5.73 Å². The number of halogens is 1. The Labute approximate surface area is 103 Å². The van der Waals surface area contributed by atoms with Gasteiger partial charge in [0.05, 0.1) is 0 Å². The largest absolute Gasteiger partial charge is 0.324 e. The third-order valence-electron chi connectivity index (χ3n) is 3.76. The number of hydrogen-bond donors (Lipinski definition) is 1. The van der Waals surface area contributed by atoms with Crippen molar-refractivity contribution in [2.45, 2.75) is 45.6 Å². The van der Waals surface area contributed by atoms with Gasteiger partial charge in [-0.25, -0.2) is 0 Å². The molecule has 0 spiro atoms. The van der Waals surface area contributed by atoms with Gasteiger partial charge in [0.25, 0.3) is 0 Å². The highest BCUT2D eigenvalue weighted by Crippen LogP contribution is 2.35. The Morgan fingerprint density at radius 1 is 1.31 bits per heavy atom. The van der Waals surface area contributed by atoms with Crippen LogP contribution in [0, 0.1) is 19.8 Å². The molecule has 1 saturated carbocycles. The standard InChI is InChI=1S/C14H20ClN/c1-9-7-13(15)10(2)6-12(9)14(16)8-11-4-3-5-11/h6-7,11,14H,3-5,8,16H2,1-2H3. The summed E-state index contributed by atoms with van der Waals surface area (Å²) in [5, 5.41) is 0.845. The van der Waals surface area contributed by atoms with E-state index in [9.17, 15) is 0 Å². The average molecular weight is 238 g/mol. The van der Waals surface area contributed by atoms with E-state index in [4.69, 9.17) is 17.3 Å². The number of hydrogen-bond acceptors (Lipinski definition) is 1. The molecule has 2 rings (SSSR count). The Morgan fingerprint density at radius 3 is 2.56 bits per heavy atom. The summed E-state index contributed by atoms with van der Waals surface area (Å²) in [4.78, 5) is 0. The van der Waals surface area contributed by atoms with Gasteiger partial charge in [-0.15, -0.1) is 0 Å². The molecule has 0 heterocycles. The predicted octanol–water partition coefficient (Wildman–Crippen LogP) is 4.15. The summed E-state index contributed by atoms with van der Waals surface area (Å²) in [5.74, 6) is 0.852. The van der Waals surface area contributed by atoms with E-state index >= 15 is 0 Å². The normalized spacial score (nSPS) is 18.2. The Bertz CT molecular complexity index is 383. The Morgan fingerprint density at radius 2 is 2.00 bits per heavy atom. The van der Waals surface area contributed by atoms with Gasteiger partial charge in [0.2, 0.25) is 0 Å². The van der Waals surface area contributed by atoms with Gasteiger partial charge >= 0.3 is 0 Å². The first-order chi connectivity index (χ1) is 7.58. The first-order valence-corrected chi connectivity index (χ1v) is 6.48. The molecule has 0 aromatic heterocycles. The van der Waals surface area contributed by atoms with Crippen LogP contribution in [0.4, 0.5) is 0 Å². The van der Waals surface area contributed by atoms with Crippen LogP contribution in [0.2, 0.25) is 5.02 Å². The van der Waals surface area contributed by atoms with E-state index < -0.39 is 0 Å². The molecule has 16 heavy (non-hydrogen) atoms. The van der Waals surface area contributed by atoms with Gasteiger partial charge in [0.15, 0.2) is 0 Å². The van der Waals surface area contributed by atoms with Crippen LogP contribution in [-0.2, 0) is 0 Å². The molecule has 1 nitrogen and oxygen atoms in total. The van der Waals surface area contributed by atoms with Crippen molar-refractivity contribution in [1.82, 2.24) is 0 Å². The zero-order valence-electron chi connectivity index (χ0n) is 10.1. The minimum atomic E-state index is 0.182. The van der Waals surface area contributed by atoms with Crippen LogP contribution in [0.5, 0.6) is 0 Å². The fourth-order valence-electron chi connectivity index (χ4n) is 2.42. The van der Waals surface area contributed by atoms with Crippen molar-refractivity contribution in [3.05, 3.63) is 33.8 Å². The second-order valence-corrected chi connectivity index (χ2v) is 5.50. The molecule has 1 aromatic rings. The first-order valence-electron chi connectivity index (χ1n) is 6.10. The van der Waals surface area contributed by atoms with E-state index in [1.165, 1.54) is 30.4 Å². The summed E-state index contributed by atoms with van der Waals surface area (Å²) >= 11 is 6.09. The van der Waals surface area contributed by atoms with Crippen molar-refractivity contribution < 1.29 is 0 Å². The van der Waals surface area contributed by atoms with Crippen molar-refractivity contribution in [3.63, 3.8) is 0 Å². The van der Waals surface area contributed by atoms with E-state index in [2.05, 4.69) is 13.0 Å². The molecule has 0 bridgehead atoms. The van der Waals surface area contributed by atoms with Gasteiger partial charge in [-0.2, -0.15) is 0 Å². The van der Waals surface area contributed by atoms with Crippen molar-refractivity contribution in [2.75, 3.05) is 0 Å². The molecule has 1 aliphatic rings. The van der Waals surface area contributed by atoms with E-state index in [0.717, 1.165) is 22.9 Å². The van der Waals surface area contributed by atoms with Gasteiger partial charge in [0.1, 0.15) is 0 Å². The van der Waals surface area contributed by atoms with E-state index in [-0.39, 0.29) is 6.04 Å². The van der Waals surface area contributed by atoms with Crippen LogP contribution in [0.25, 0.3) is 0 Å². The van der Waals surface area contributed by atoms with E-state index in [0.29, 0.717) is 0 Å². The molecule has 1 fully saturated rings. The topological polar surface area (TPSA) is 26.0 Å². The lowest BCUT2D eigenvalue weighted by atomic mass is 9.79. The van der Waals surface area contributed by atoms with Gasteiger partial charge in [-0.3, -0.25) is 0 Å². The van der Waals surface area contributed by atoms with Crippen LogP contribution in [0.15, 0.2) is 12.1 Å². The lowest BCUT2D eigenvalue weighted by Gasteiger charge is -2.29. The maximum Gasteiger partial charge on any atom is 0.0438 e. The van der Waals surface area contributed by atoms with Crippen molar-refractivity contribution >= 4 is 11.6 Å². The molecule has 0 amide bonds. The quantitative estimate of drug-likeness (QED) is 0.840. The molecular formula is C14H20ClN. The van der Waals surface area contributed by atoms with Crippen molar-refractivity contribution in [2.24, 2.45) is 11.7 Å². The summed E-state index contributed by atoms with van der Waals surface area (Å²) in [7, 11) is 0. The first kappa shape index (κ1) is 11.9. The highest BCUT2D eigenvalue weighted by atomic mass is 35.5. The van der Waals surface area contributed by atoms with Crippen LogP contribution >= 0.6 is 11.6 Å². The second kappa shape index (κ2) is 4.77. The molecule has 0 saturated heterocycles. The molecule has 0 aliphatic heterocycles. The SMILES string of the molecule is Cc1cc(C(N)CC2CCC2)c(C)cc1Cl. The third kappa shape index (κ3) is 2.41. The number of aryl methyl sites for hydroxylation is 2. The summed E-state index contributed by atoms with van der Waals surface area (Å²) < 4.78 is 0. The van der Waals surface area contributed by atoms with Gasteiger partial charge in [-0.1, -0.05) is 36.9 Å². The van der Waals surface area contributed by atoms with Crippen LogP contribution in [0.1, 0.15) is 48.4 Å². The van der Waals surface area contributed by atoms with Crippen LogP contribution < -0.4 is 5.73 Å².